The number of likely N-dealkylation sites (N-methyl/N-ethyl adjacent to an activating group) is 4. The number of cyclic esters (lactones) is 2. The smallest absolute Gasteiger partial charge is 0.329 e. The van der Waals surface area contributed by atoms with Crippen molar-refractivity contribution in [2.75, 3.05) is 60.1 Å². The molecule has 4 fully saturated rings. The van der Waals surface area contributed by atoms with Crippen molar-refractivity contribution in [3.05, 3.63) is 44.6 Å². The Morgan fingerprint density at radius 1 is 0.696 bits per heavy atom. The van der Waals surface area contributed by atoms with Gasteiger partial charge in [-0.1, -0.05) is 67.9 Å². The fourth-order valence-electron chi connectivity index (χ4n) is 12.5. The number of anilines is 1. The van der Waals surface area contributed by atoms with Gasteiger partial charge in [-0.25, -0.2) is 14.6 Å². The summed E-state index contributed by atoms with van der Waals surface area (Å²) in [4.78, 5) is 200. The lowest BCUT2D eigenvalue weighted by Crippen LogP contribution is -2.61. The number of aliphatic hydroxyl groups is 1. The number of aryl methyl sites for hydroxylation is 1. The van der Waals surface area contributed by atoms with Gasteiger partial charge in [0.05, 0.1) is 36.0 Å². The molecule has 1 aromatic carbocycles. The van der Waals surface area contributed by atoms with E-state index in [2.05, 4.69) is 21.3 Å². The zero-order valence-electron chi connectivity index (χ0n) is 55.2. The van der Waals surface area contributed by atoms with Crippen molar-refractivity contribution < 1.29 is 76.5 Å². The summed E-state index contributed by atoms with van der Waals surface area (Å²) in [7, 11) is 5.47. The minimum atomic E-state index is -1.94. The van der Waals surface area contributed by atoms with Gasteiger partial charge in [0, 0.05) is 53.3 Å². The standard InChI is InChI=1S/C63H88N12O17/c1-17-30(8)44-61(87)75-24-35(76)23-38(75)59(85)71(14)26-40(78)73(16)50(29(6)7)63(89)91-34(12)46(57(83)67-44)69-55(81)41-42(64)51(79)32(10)53-48(41)65-47-36(21-20-31(9)52(47)92-53)54(80)68-45-33(11)90-62(88)49(28(4)5)72(15)39(77)25-70(13)58(84)37-19-18-22-74(37)60(86)43(27(2)3)66-56(45)82/h20-21,27-30,33-35,37-38,43-46,49-50,76H,17-19,22-26,64H2,1-16H3,(H,66,82)(H,67,83)(H,68,80)(H,69,81). The highest BCUT2D eigenvalue weighted by Crippen LogP contribution is 2.35. The maximum atomic E-state index is 15.2. The summed E-state index contributed by atoms with van der Waals surface area (Å²) in [5.74, 6) is -13.0. The van der Waals surface area contributed by atoms with Gasteiger partial charge < -0.3 is 75.4 Å². The van der Waals surface area contributed by atoms with E-state index in [0.717, 1.165) is 19.6 Å². The second-order valence-corrected chi connectivity index (χ2v) is 25.9. The van der Waals surface area contributed by atoms with E-state index in [1.807, 2.05) is 0 Å². The number of nitrogens with zero attached hydrogens (tertiary/aromatic N) is 7. The number of esters is 2. The Bertz CT molecular complexity index is 3480. The van der Waals surface area contributed by atoms with Crippen LogP contribution < -0.4 is 32.4 Å². The number of aliphatic hydroxyl groups excluding tert-OH is 1. The number of nitrogens with one attached hydrogen (secondary N) is 4. The van der Waals surface area contributed by atoms with Gasteiger partial charge in [-0.05, 0) is 75.8 Å². The first-order valence-corrected chi connectivity index (χ1v) is 31.1. The summed E-state index contributed by atoms with van der Waals surface area (Å²) in [5.41, 5.74) is 3.41. The first-order valence-electron chi connectivity index (χ1n) is 31.1. The maximum absolute atomic E-state index is 15.2. The Morgan fingerprint density at radius 3 is 1.71 bits per heavy atom. The summed E-state index contributed by atoms with van der Waals surface area (Å²) in [5, 5.41) is 21.5. The molecular formula is C63H88N12O17. The molecule has 0 radical (unpaired) electrons. The third-order valence-electron chi connectivity index (χ3n) is 18.1. The molecule has 6 aliphatic rings. The average Bonchev–Trinajstić information content (AvgIpc) is 0.791. The van der Waals surface area contributed by atoms with Crippen LogP contribution in [-0.4, -0.2) is 232 Å². The zero-order chi connectivity index (χ0) is 68.6. The minimum absolute atomic E-state index is 0.0912. The summed E-state index contributed by atoms with van der Waals surface area (Å²) in [6.07, 6.45) is -3.49. The van der Waals surface area contributed by atoms with E-state index in [0.29, 0.717) is 12.0 Å². The highest BCUT2D eigenvalue weighted by Gasteiger charge is 2.48. The monoisotopic (exact) mass is 1280 g/mol. The molecule has 5 aliphatic heterocycles. The number of carbonyl (C=O) groups is 12. The molecule has 1 aliphatic carbocycles. The molecule has 12 atom stereocenters. The summed E-state index contributed by atoms with van der Waals surface area (Å²) >= 11 is 0. The second-order valence-electron chi connectivity index (χ2n) is 25.9. The molecule has 12 unspecified atom stereocenters. The van der Waals surface area contributed by atoms with Crippen molar-refractivity contribution in [3.63, 3.8) is 0 Å². The van der Waals surface area contributed by atoms with Crippen LogP contribution >= 0.6 is 0 Å². The number of nitrogens with two attached hydrogens (primary N) is 1. The molecule has 4 saturated heterocycles. The molecule has 1 aromatic rings. The molecule has 0 spiro atoms. The summed E-state index contributed by atoms with van der Waals surface area (Å²) in [6, 6.07) is -8.44. The van der Waals surface area contributed by atoms with E-state index >= 15 is 14.4 Å². The number of nitrogen functional groups attached to an aromatic ring is 1. The minimum Gasteiger partial charge on any atom is -0.458 e. The van der Waals surface area contributed by atoms with Crippen LogP contribution in [0.15, 0.2) is 21.3 Å². The first-order chi connectivity index (χ1) is 43.0. The van der Waals surface area contributed by atoms with Crippen molar-refractivity contribution in [3.8, 4) is 11.5 Å². The predicted molar refractivity (Wildman–Crippen MR) is 331 cm³/mol. The van der Waals surface area contributed by atoms with Gasteiger partial charge in [0.25, 0.3) is 11.8 Å². The number of ether oxygens (including phenoxy) is 2. The fourth-order valence-corrected chi connectivity index (χ4v) is 12.5. The van der Waals surface area contributed by atoms with Crippen molar-refractivity contribution in [1.29, 1.82) is 0 Å². The highest BCUT2D eigenvalue weighted by atomic mass is 16.6. The van der Waals surface area contributed by atoms with Crippen LogP contribution in [0.25, 0.3) is 22.6 Å². The first kappa shape index (κ1) is 70.7. The third-order valence-corrected chi connectivity index (χ3v) is 18.1. The lowest BCUT2D eigenvalue weighted by molar-refractivity contribution is -0.163. The van der Waals surface area contributed by atoms with Crippen molar-refractivity contribution in [2.45, 2.75) is 175 Å². The van der Waals surface area contributed by atoms with Crippen LogP contribution in [0.1, 0.15) is 127 Å². The van der Waals surface area contributed by atoms with E-state index in [-0.39, 0.29) is 60.3 Å². The van der Waals surface area contributed by atoms with Crippen molar-refractivity contribution in [2.24, 2.45) is 23.7 Å². The molecule has 7 N–H and O–H groups in total. The predicted octanol–water partition coefficient (Wildman–Crippen LogP) is 0.0865. The van der Waals surface area contributed by atoms with Crippen LogP contribution in [0.2, 0.25) is 0 Å². The Kier molecular flexibility index (Phi) is 21.8. The molecular weight excluding hydrogens is 1200 g/mol. The number of hydrogen-bond donors (Lipinski definition) is 6. The molecule has 29 heteroatoms. The van der Waals surface area contributed by atoms with E-state index in [4.69, 9.17) is 24.6 Å². The van der Waals surface area contributed by atoms with E-state index < -0.39 is 197 Å². The molecule has 502 valence electrons. The second kappa shape index (κ2) is 28.4. The Balaban J connectivity index is 1.33. The SMILES string of the molecule is CCC(C)C1NC(=O)C(NC(=O)c2c3nc4c(C(=O)NC5C(=O)NC(C(C)C)C(=O)N6CCCC6C(=O)N(C)CC(=O)N(C)C(C(C)C)C(=O)OC5C)ccc(C)c4oc-3c(C)c(=O)c2N)C(C)OC(=O)C(C(C)C)N(C)C(=O)CN(C)C(=O)C2CC(O)CN2C1=O. The van der Waals surface area contributed by atoms with E-state index in [1.54, 1.807) is 62.3 Å². The Hall–Kier alpha value is -8.76. The van der Waals surface area contributed by atoms with Gasteiger partial charge in [0.15, 0.2) is 11.3 Å². The number of carbonyl (C=O) groups excluding carboxylic acids is 12. The van der Waals surface area contributed by atoms with Gasteiger partial charge in [0.1, 0.15) is 71.8 Å². The number of amides is 10. The van der Waals surface area contributed by atoms with Gasteiger partial charge in [-0.3, -0.25) is 52.7 Å². The molecule has 10 amide bonds. The van der Waals surface area contributed by atoms with Crippen molar-refractivity contribution in [1.82, 2.24) is 55.7 Å². The lowest BCUT2D eigenvalue weighted by Gasteiger charge is -2.36. The quantitative estimate of drug-likeness (QED) is 0.0939. The number of fused-ring (bicyclic) bond motifs is 4. The zero-order valence-corrected chi connectivity index (χ0v) is 55.2. The normalized spacial score (nSPS) is 27.0. The van der Waals surface area contributed by atoms with Gasteiger partial charge in [0.2, 0.25) is 52.7 Å². The van der Waals surface area contributed by atoms with Gasteiger partial charge in [-0.15, -0.1) is 0 Å². The molecule has 0 aromatic heterocycles. The summed E-state index contributed by atoms with van der Waals surface area (Å²) < 4.78 is 18.3. The number of hydrogen-bond acceptors (Lipinski definition) is 19. The summed E-state index contributed by atoms with van der Waals surface area (Å²) in [6.45, 7) is 17.8. The van der Waals surface area contributed by atoms with Crippen LogP contribution in [0, 0.1) is 37.5 Å². The number of benzene rings is 2. The lowest BCUT2D eigenvalue weighted by atomic mass is 9.96. The number of aromatic nitrogens is 1. The maximum Gasteiger partial charge on any atom is 0.329 e. The van der Waals surface area contributed by atoms with Crippen LogP contribution in [0.3, 0.4) is 0 Å². The van der Waals surface area contributed by atoms with Gasteiger partial charge >= 0.3 is 11.9 Å². The highest BCUT2D eigenvalue weighted by molar-refractivity contribution is 6.10. The van der Waals surface area contributed by atoms with Crippen LogP contribution in [0.4, 0.5) is 5.69 Å². The van der Waals surface area contributed by atoms with Gasteiger partial charge in [-0.2, -0.15) is 0 Å². The van der Waals surface area contributed by atoms with Crippen molar-refractivity contribution >= 4 is 87.8 Å². The fraction of sp³-hybridized carbons (Fsp3) is 0.619. The molecule has 92 heavy (non-hydrogen) atoms. The third kappa shape index (κ3) is 14.2. The van der Waals surface area contributed by atoms with Crippen LogP contribution in [0.5, 0.6) is 0 Å². The molecule has 0 bridgehead atoms. The Labute approximate surface area is 533 Å². The molecule has 0 saturated carbocycles. The Morgan fingerprint density at radius 2 is 1.20 bits per heavy atom. The average molecular weight is 1290 g/mol. The topological polar surface area (TPSA) is 380 Å². The number of rotatable bonds is 9. The largest absolute Gasteiger partial charge is 0.458 e. The molecule has 29 nitrogen and oxygen atoms in total. The molecule has 5 heterocycles. The van der Waals surface area contributed by atoms with E-state index in [9.17, 15) is 53.1 Å². The molecule has 7 rings (SSSR count). The van der Waals surface area contributed by atoms with Crippen LogP contribution in [-0.2, 0) is 57.4 Å². The van der Waals surface area contributed by atoms with E-state index in [1.165, 1.54) is 70.9 Å².